The highest BCUT2D eigenvalue weighted by molar-refractivity contribution is 6.38. The third-order valence-electron chi connectivity index (χ3n) is 5.17. The van der Waals surface area contributed by atoms with Gasteiger partial charge in [-0.05, 0) is 43.9 Å². The summed E-state index contributed by atoms with van der Waals surface area (Å²) in [4.78, 5) is 61.2. The van der Waals surface area contributed by atoms with E-state index in [1.807, 2.05) is 0 Å². The van der Waals surface area contributed by atoms with Gasteiger partial charge in [0, 0.05) is 23.5 Å². The van der Waals surface area contributed by atoms with Gasteiger partial charge in [-0.25, -0.2) is 0 Å². The lowest BCUT2D eigenvalue weighted by Gasteiger charge is -2.21. The van der Waals surface area contributed by atoms with E-state index in [9.17, 15) is 37.1 Å². The zero-order chi connectivity index (χ0) is 24.3. The summed E-state index contributed by atoms with van der Waals surface area (Å²) < 4.78 is 38.0. The molecule has 1 unspecified atom stereocenters. The molecular weight excluding hydrogens is 469 g/mol. The van der Waals surface area contributed by atoms with Crippen LogP contribution in [0.3, 0.4) is 0 Å². The number of alkyl halides is 3. The van der Waals surface area contributed by atoms with Gasteiger partial charge in [0.15, 0.2) is 0 Å². The molecule has 1 aliphatic heterocycles. The summed E-state index contributed by atoms with van der Waals surface area (Å²) in [6.07, 6.45) is -3.58. The van der Waals surface area contributed by atoms with Crippen LogP contribution < -0.4 is 21.3 Å². The van der Waals surface area contributed by atoms with E-state index in [1.165, 1.54) is 6.07 Å². The van der Waals surface area contributed by atoms with Crippen LogP contribution in [0.5, 0.6) is 0 Å². The minimum atomic E-state index is -5.21. The van der Waals surface area contributed by atoms with Crippen LogP contribution in [0.15, 0.2) is 18.2 Å². The van der Waals surface area contributed by atoms with Crippen molar-refractivity contribution in [3.8, 4) is 0 Å². The molecule has 2 aliphatic rings. The number of rotatable bonds is 8. The molecule has 0 aromatic heterocycles. The smallest absolute Gasteiger partial charge is 0.356 e. The Kier molecular flexibility index (Phi) is 7.25. The Hall–Kier alpha value is -3.15. The molecule has 1 heterocycles. The van der Waals surface area contributed by atoms with Crippen molar-refractivity contribution >= 4 is 46.7 Å². The molecule has 2 atom stereocenters. The summed E-state index contributed by atoms with van der Waals surface area (Å²) in [5.41, 5.74) is -0.942. The summed E-state index contributed by atoms with van der Waals surface area (Å²) in [7, 11) is 0. The summed E-state index contributed by atoms with van der Waals surface area (Å²) in [6.45, 7) is 0.370. The predicted molar refractivity (Wildman–Crippen MR) is 109 cm³/mol. The Balaban J connectivity index is 1.82. The largest absolute Gasteiger partial charge is 0.471 e. The Labute approximate surface area is 190 Å². The number of carbonyl (C=O) groups excluding carboxylic acids is 5. The van der Waals surface area contributed by atoms with Crippen LogP contribution in [0.1, 0.15) is 36.0 Å². The molecule has 0 spiro atoms. The minimum Gasteiger partial charge on any atom is -0.356 e. The minimum absolute atomic E-state index is 0.0188. The number of ketones is 1. The molecule has 1 aliphatic carbocycles. The lowest BCUT2D eigenvalue weighted by molar-refractivity contribution is -0.167. The molecule has 0 bridgehead atoms. The van der Waals surface area contributed by atoms with Crippen LogP contribution in [0.2, 0.25) is 5.02 Å². The van der Waals surface area contributed by atoms with Crippen LogP contribution in [-0.2, 0) is 19.2 Å². The molecule has 4 N–H and O–H groups in total. The summed E-state index contributed by atoms with van der Waals surface area (Å²) in [5.74, 6) is -6.26. The standard InChI is InChI=1S/C20H20ClF3N4O5/c21-10-1-4-13(28-19(33)20(22,23)24)12(8-10)17(31)27-14(7-9-5-6-25-16(9)30)15(29)18(32)26-11-2-3-11/h1,4,8-9,11,14H,2-3,5-7H2,(H,25,30)(H,26,32)(H,27,31)(H,28,33)/t9-,14?/m0/s1. The van der Waals surface area contributed by atoms with Gasteiger partial charge in [-0.1, -0.05) is 11.6 Å². The highest BCUT2D eigenvalue weighted by Gasteiger charge is 2.40. The third-order valence-corrected chi connectivity index (χ3v) is 5.41. The van der Waals surface area contributed by atoms with Gasteiger partial charge in [0.25, 0.3) is 11.8 Å². The quantitative estimate of drug-likeness (QED) is 0.409. The van der Waals surface area contributed by atoms with E-state index in [2.05, 4.69) is 16.0 Å². The van der Waals surface area contributed by atoms with Gasteiger partial charge in [-0.15, -0.1) is 0 Å². The van der Waals surface area contributed by atoms with Gasteiger partial charge in [0.1, 0.15) is 0 Å². The molecule has 4 amide bonds. The molecule has 1 saturated heterocycles. The first kappa shape index (κ1) is 24.5. The molecule has 3 rings (SSSR count). The van der Waals surface area contributed by atoms with E-state index in [1.54, 1.807) is 5.32 Å². The Morgan fingerprint density at radius 3 is 2.42 bits per heavy atom. The van der Waals surface area contributed by atoms with Crippen molar-refractivity contribution in [3.63, 3.8) is 0 Å². The fourth-order valence-corrected chi connectivity index (χ4v) is 3.44. The number of benzene rings is 1. The lowest BCUT2D eigenvalue weighted by Crippen LogP contribution is -2.49. The van der Waals surface area contributed by atoms with E-state index in [-0.39, 0.29) is 23.4 Å². The number of hydrogen-bond donors (Lipinski definition) is 4. The number of anilines is 1. The Bertz CT molecular complexity index is 996. The van der Waals surface area contributed by atoms with Crippen LogP contribution in [-0.4, -0.2) is 54.2 Å². The van der Waals surface area contributed by atoms with Gasteiger partial charge in [-0.2, -0.15) is 13.2 Å². The number of Topliss-reactive ketones (excluding diaryl/α,β-unsaturated/α-hetero) is 1. The van der Waals surface area contributed by atoms with Crippen molar-refractivity contribution in [1.82, 2.24) is 16.0 Å². The van der Waals surface area contributed by atoms with E-state index >= 15 is 0 Å². The van der Waals surface area contributed by atoms with Crippen molar-refractivity contribution < 1.29 is 37.1 Å². The van der Waals surface area contributed by atoms with E-state index in [0.717, 1.165) is 12.1 Å². The summed E-state index contributed by atoms with van der Waals surface area (Å²) in [5, 5.41) is 8.97. The van der Waals surface area contributed by atoms with E-state index in [0.29, 0.717) is 25.8 Å². The van der Waals surface area contributed by atoms with E-state index < -0.39 is 52.9 Å². The molecular formula is C20H20ClF3N4O5. The summed E-state index contributed by atoms with van der Waals surface area (Å²) >= 11 is 5.86. The first-order valence-corrected chi connectivity index (χ1v) is 10.4. The maximum atomic E-state index is 12.9. The highest BCUT2D eigenvalue weighted by atomic mass is 35.5. The van der Waals surface area contributed by atoms with Crippen LogP contribution >= 0.6 is 11.6 Å². The maximum Gasteiger partial charge on any atom is 0.471 e. The van der Waals surface area contributed by atoms with Crippen molar-refractivity contribution in [2.24, 2.45) is 5.92 Å². The monoisotopic (exact) mass is 488 g/mol. The van der Waals surface area contributed by atoms with Gasteiger partial charge in [0.05, 0.1) is 17.3 Å². The fourth-order valence-electron chi connectivity index (χ4n) is 3.27. The Morgan fingerprint density at radius 2 is 1.85 bits per heavy atom. The molecule has 1 aromatic rings. The SMILES string of the molecule is O=C(NC1CC1)C(=O)C(C[C@@H]1CCNC1=O)NC(=O)c1cc(Cl)ccc1NC(=O)C(F)(F)F. The fraction of sp³-hybridized carbons (Fsp3) is 0.450. The van der Waals surface area contributed by atoms with Crippen LogP contribution in [0.25, 0.3) is 0 Å². The molecule has 1 saturated carbocycles. The molecule has 13 heteroatoms. The normalized spacial score (nSPS) is 18.8. The number of hydrogen-bond acceptors (Lipinski definition) is 5. The highest BCUT2D eigenvalue weighted by Crippen LogP contribution is 2.25. The van der Waals surface area contributed by atoms with Crippen molar-refractivity contribution in [1.29, 1.82) is 0 Å². The topological polar surface area (TPSA) is 133 Å². The predicted octanol–water partition coefficient (Wildman–Crippen LogP) is 1.31. The van der Waals surface area contributed by atoms with E-state index in [4.69, 9.17) is 11.6 Å². The lowest BCUT2D eigenvalue weighted by atomic mass is 9.95. The van der Waals surface area contributed by atoms with Crippen molar-refractivity contribution in [3.05, 3.63) is 28.8 Å². The molecule has 9 nitrogen and oxygen atoms in total. The van der Waals surface area contributed by atoms with Gasteiger partial charge >= 0.3 is 12.1 Å². The van der Waals surface area contributed by atoms with Crippen LogP contribution in [0, 0.1) is 5.92 Å². The third kappa shape index (κ3) is 6.44. The number of carbonyl (C=O) groups is 5. The molecule has 0 radical (unpaired) electrons. The first-order valence-electron chi connectivity index (χ1n) is 10.1. The second-order valence-electron chi connectivity index (χ2n) is 7.79. The number of amides is 4. The Morgan fingerprint density at radius 1 is 1.15 bits per heavy atom. The summed E-state index contributed by atoms with van der Waals surface area (Å²) in [6, 6.07) is 1.62. The van der Waals surface area contributed by atoms with Crippen molar-refractivity contribution in [2.45, 2.75) is 43.9 Å². The average molecular weight is 489 g/mol. The maximum absolute atomic E-state index is 12.9. The van der Waals surface area contributed by atoms with Gasteiger partial charge in [0.2, 0.25) is 11.7 Å². The zero-order valence-corrected chi connectivity index (χ0v) is 17.8. The van der Waals surface area contributed by atoms with Crippen LogP contribution in [0.4, 0.5) is 18.9 Å². The molecule has 1 aromatic carbocycles. The first-order chi connectivity index (χ1) is 15.5. The van der Waals surface area contributed by atoms with Gasteiger partial charge in [-0.3, -0.25) is 24.0 Å². The zero-order valence-electron chi connectivity index (χ0n) is 17.1. The number of halogens is 4. The second kappa shape index (κ2) is 9.77. The van der Waals surface area contributed by atoms with Gasteiger partial charge < -0.3 is 21.3 Å². The molecule has 178 valence electrons. The van der Waals surface area contributed by atoms with Crippen molar-refractivity contribution in [2.75, 3.05) is 11.9 Å². The number of nitrogens with one attached hydrogen (secondary N) is 4. The molecule has 2 fully saturated rings. The second-order valence-corrected chi connectivity index (χ2v) is 8.23. The molecule has 33 heavy (non-hydrogen) atoms. The average Bonchev–Trinajstić information content (AvgIpc) is 3.47.